The number of imide groups is 1. The number of H-pyrrole nitrogens is 1. The van der Waals surface area contributed by atoms with Crippen molar-refractivity contribution in [1.29, 1.82) is 0 Å². The van der Waals surface area contributed by atoms with E-state index in [1.807, 2.05) is 62.5 Å². The second kappa shape index (κ2) is 13.7. The molecule has 2 aliphatic heterocycles. The average Bonchev–Trinajstić information content (AvgIpc) is 3.40. The highest BCUT2D eigenvalue weighted by atomic mass is 16.2. The molecule has 0 bridgehead atoms. The van der Waals surface area contributed by atoms with Crippen molar-refractivity contribution in [3.63, 3.8) is 0 Å². The molecule has 2 aliphatic rings. The number of nitrogens with one attached hydrogen (secondary N) is 2. The minimum Gasteiger partial charge on any atom is -0.361 e. The Kier molecular flexibility index (Phi) is 9.75. The first kappa shape index (κ1) is 30.0. The van der Waals surface area contributed by atoms with E-state index in [-0.39, 0.29) is 30.8 Å². The number of aromatic amines is 1. The van der Waals surface area contributed by atoms with Gasteiger partial charge in [0.1, 0.15) is 6.04 Å². The number of fused-ring (bicyclic) bond motifs is 1. The number of piperidine rings is 2. The Morgan fingerprint density at radius 2 is 1.71 bits per heavy atom. The molecule has 3 amide bonds. The molecule has 0 radical (unpaired) electrons. The normalized spacial score (nSPS) is 17.7. The van der Waals surface area contributed by atoms with Crippen LogP contribution in [0.25, 0.3) is 10.9 Å². The Labute approximate surface area is 249 Å². The highest BCUT2D eigenvalue weighted by molar-refractivity contribution is 5.99. The van der Waals surface area contributed by atoms with Crippen LogP contribution < -0.4 is 5.32 Å². The van der Waals surface area contributed by atoms with Gasteiger partial charge in [0.15, 0.2) is 0 Å². The number of hydrogen-bond acceptors (Lipinski definition) is 5. The molecular formula is C34H45N5O3. The fourth-order valence-electron chi connectivity index (χ4n) is 6.51. The Balaban J connectivity index is 1.29. The lowest BCUT2D eigenvalue weighted by Crippen LogP contribution is -2.54. The lowest BCUT2D eigenvalue weighted by atomic mass is 10.00. The van der Waals surface area contributed by atoms with Crippen LogP contribution in [0.5, 0.6) is 0 Å². The van der Waals surface area contributed by atoms with Crippen molar-refractivity contribution in [2.75, 3.05) is 32.7 Å². The fraction of sp³-hybridized carbons (Fsp3) is 0.500. The lowest BCUT2D eigenvalue weighted by Gasteiger charge is -2.40. The summed E-state index contributed by atoms with van der Waals surface area (Å²) >= 11 is 0. The molecule has 42 heavy (non-hydrogen) atoms. The summed E-state index contributed by atoms with van der Waals surface area (Å²) in [5, 5.41) is 4.04. The SMILES string of the molecule is CC(=O)N(Cc1ccc(C)c(C)c1)C(=O)C(Cc1c[nH]c2ccccc12)NC(=O)CN1CCC(N2CCCCC2)CC1. The standard InChI is InChI=1S/C34H45N5O3/c1-24-11-12-27(19-25(24)2)22-39(26(3)40)34(42)32(20-28-21-35-31-10-6-5-9-30(28)31)36-33(41)23-37-17-13-29(14-18-37)38-15-7-4-8-16-38/h5-6,9-12,19,21,29,32,35H,4,7-8,13-18,20,22-23H2,1-3H3,(H,36,41). The second-order valence-corrected chi connectivity index (χ2v) is 12.1. The maximum Gasteiger partial charge on any atom is 0.252 e. The van der Waals surface area contributed by atoms with Gasteiger partial charge in [0, 0.05) is 49.6 Å². The molecule has 8 nitrogen and oxygen atoms in total. The van der Waals surface area contributed by atoms with Crippen LogP contribution in [0, 0.1) is 13.8 Å². The van der Waals surface area contributed by atoms with Crippen LogP contribution in [-0.4, -0.2) is 82.2 Å². The van der Waals surface area contributed by atoms with Gasteiger partial charge < -0.3 is 15.2 Å². The molecule has 5 rings (SSSR count). The maximum absolute atomic E-state index is 14.0. The van der Waals surface area contributed by atoms with Gasteiger partial charge in [-0.2, -0.15) is 0 Å². The molecule has 8 heteroatoms. The zero-order chi connectivity index (χ0) is 29.6. The third-order valence-electron chi connectivity index (χ3n) is 9.12. The van der Waals surface area contributed by atoms with Crippen LogP contribution >= 0.6 is 0 Å². The van der Waals surface area contributed by atoms with Gasteiger partial charge in [-0.1, -0.05) is 42.8 Å². The number of aryl methyl sites for hydroxylation is 2. The van der Waals surface area contributed by atoms with E-state index < -0.39 is 6.04 Å². The molecule has 2 aromatic carbocycles. The first-order valence-corrected chi connectivity index (χ1v) is 15.5. The highest BCUT2D eigenvalue weighted by Gasteiger charge is 2.31. The van der Waals surface area contributed by atoms with E-state index in [0.29, 0.717) is 12.5 Å². The number of para-hydroxylation sites is 1. The summed E-state index contributed by atoms with van der Waals surface area (Å²) in [5.74, 6) is -0.904. The number of rotatable bonds is 9. The van der Waals surface area contributed by atoms with E-state index in [2.05, 4.69) is 20.1 Å². The van der Waals surface area contributed by atoms with Crippen LogP contribution in [0.3, 0.4) is 0 Å². The fourth-order valence-corrected chi connectivity index (χ4v) is 6.51. The second-order valence-electron chi connectivity index (χ2n) is 12.1. The summed E-state index contributed by atoms with van der Waals surface area (Å²) in [6.45, 7) is 10.0. The predicted octanol–water partition coefficient (Wildman–Crippen LogP) is 4.34. The molecular weight excluding hydrogens is 526 g/mol. The topological polar surface area (TPSA) is 88.8 Å². The van der Waals surface area contributed by atoms with Gasteiger partial charge in [-0.25, -0.2) is 0 Å². The van der Waals surface area contributed by atoms with Crippen molar-refractivity contribution in [2.45, 2.75) is 77.9 Å². The van der Waals surface area contributed by atoms with E-state index in [1.54, 1.807) is 0 Å². The number of amides is 3. The lowest BCUT2D eigenvalue weighted by molar-refractivity contribution is -0.147. The number of nitrogens with zero attached hydrogens (tertiary/aromatic N) is 3. The smallest absolute Gasteiger partial charge is 0.252 e. The molecule has 224 valence electrons. The van der Waals surface area contributed by atoms with Gasteiger partial charge >= 0.3 is 0 Å². The van der Waals surface area contributed by atoms with Gasteiger partial charge in [0.05, 0.1) is 13.1 Å². The average molecular weight is 572 g/mol. The molecule has 1 aromatic heterocycles. The summed E-state index contributed by atoms with van der Waals surface area (Å²) in [4.78, 5) is 49.6. The Hall–Kier alpha value is -3.49. The van der Waals surface area contributed by atoms with Gasteiger partial charge in [0.25, 0.3) is 5.91 Å². The summed E-state index contributed by atoms with van der Waals surface area (Å²) in [6, 6.07) is 13.6. The number of likely N-dealkylation sites (tertiary alicyclic amines) is 2. The number of carbonyl (C=O) groups is 3. The van der Waals surface area contributed by atoms with E-state index >= 15 is 0 Å². The Morgan fingerprint density at radius 1 is 0.976 bits per heavy atom. The molecule has 0 saturated carbocycles. The number of hydrogen-bond donors (Lipinski definition) is 2. The molecule has 0 aliphatic carbocycles. The molecule has 3 aromatic rings. The van der Waals surface area contributed by atoms with Crippen molar-refractivity contribution >= 4 is 28.6 Å². The van der Waals surface area contributed by atoms with Crippen LogP contribution in [-0.2, 0) is 27.3 Å². The Bertz CT molecular complexity index is 1400. The zero-order valence-electron chi connectivity index (χ0n) is 25.3. The third-order valence-corrected chi connectivity index (χ3v) is 9.12. The monoisotopic (exact) mass is 571 g/mol. The van der Waals surface area contributed by atoms with Crippen molar-refractivity contribution in [2.24, 2.45) is 0 Å². The van der Waals surface area contributed by atoms with E-state index in [9.17, 15) is 14.4 Å². The maximum atomic E-state index is 14.0. The molecule has 2 N–H and O–H groups in total. The van der Waals surface area contributed by atoms with E-state index in [1.165, 1.54) is 44.2 Å². The van der Waals surface area contributed by atoms with E-state index in [4.69, 9.17) is 0 Å². The summed E-state index contributed by atoms with van der Waals surface area (Å²) in [5.41, 5.74) is 5.05. The molecule has 2 fully saturated rings. The zero-order valence-corrected chi connectivity index (χ0v) is 25.3. The third kappa shape index (κ3) is 7.28. The molecule has 3 heterocycles. The van der Waals surface area contributed by atoms with Crippen LogP contribution in [0.15, 0.2) is 48.7 Å². The number of carbonyl (C=O) groups excluding carboxylic acids is 3. The van der Waals surface area contributed by atoms with Crippen molar-refractivity contribution in [3.8, 4) is 0 Å². The van der Waals surface area contributed by atoms with Crippen LogP contribution in [0.4, 0.5) is 0 Å². The van der Waals surface area contributed by atoms with E-state index in [0.717, 1.165) is 59.1 Å². The molecule has 1 atom stereocenters. The minimum absolute atomic E-state index is 0.166. The van der Waals surface area contributed by atoms with Gasteiger partial charge in [-0.05, 0) is 80.9 Å². The summed E-state index contributed by atoms with van der Waals surface area (Å²) in [6.07, 6.45) is 8.23. The minimum atomic E-state index is -0.863. The van der Waals surface area contributed by atoms with Crippen LogP contribution in [0.1, 0.15) is 61.3 Å². The number of benzene rings is 2. The van der Waals surface area contributed by atoms with Gasteiger partial charge in [0.2, 0.25) is 11.8 Å². The molecule has 0 spiro atoms. The largest absolute Gasteiger partial charge is 0.361 e. The van der Waals surface area contributed by atoms with Crippen LogP contribution in [0.2, 0.25) is 0 Å². The molecule has 2 saturated heterocycles. The number of aromatic nitrogens is 1. The predicted molar refractivity (Wildman–Crippen MR) is 166 cm³/mol. The van der Waals surface area contributed by atoms with Crippen molar-refractivity contribution in [3.05, 3.63) is 70.9 Å². The molecule has 1 unspecified atom stereocenters. The summed E-state index contributed by atoms with van der Waals surface area (Å²) in [7, 11) is 0. The Morgan fingerprint density at radius 3 is 2.43 bits per heavy atom. The quantitative estimate of drug-likeness (QED) is 0.399. The highest BCUT2D eigenvalue weighted by Crippen LogP contribution is 2.22. The first-order chi connectivity index (χ1) is 20.3. The first-order valence-electron chi connectivity index (χ1n) is 15.5. The van der Waals surface area contributed by atoms with Gasteiger partial charge in [-0.3, -0.25) is 24.2 Å². The van der Waals surface area contributed by atoms with Crippen molar-refractivity contribution in [1.82, 2.24) is 25.0 Å². The van der Waals surface area contributed by atoms with Gasteiger partial charge in [-0.15, -0.1) is 0 Å². The van der Waals surface area contributed by atoms with Crippen molar-refractivity contribution < 1.29 is 14.4 Å². The summed E-state index contributed by atoms with van der Waals surface area (Å²) < 4.78 is 0.